The van der Waals surface area contributed by atoms with E-state index in [1.54, 1.807) is 12.3 Å². The van der Waals surface area contributed by atoms with Gasteiger partial charge in [0, 0.05) is 23.9 Å². The quantitative estimate of drug-likeness (QED) is 0.638. The van der Waals surface area contributed by atoms with Gasteiger partial charge >= 0.3 is 6.09 Å². The van der Waals surface area contributed by atoms with E-state index >= 15 is 0 Å². The van der Waals surface area contributed by atoms with Gasteiger partial charge in [0.05, 0.1) is 6.61 Å². The molecule has 0 spiro atoms. The molecule has 0 unspecified atom stereocenters. The Hall–Kier alpha value is -1.75. The molecule has 0 aliphatic rings. The Labute approximate surface area is 136 Å². The predicted octanol–water partition coefficient (Wildman–Crippen LogP) is 3.81. The lowest BCUT2D eigenvalue weighted by Gasteiger charge is -2.20. The predicted molar refractivity (Wildman–Crippen MR) is 87.8 cm³/mol. The molecular formula is C16H23ClN2O3. The second kappa shape index (κ2) is 8.03. The van der Waals surface area contributed by atoms with Crippen molar-refractivity contribution >= 4 is 23.5 Å². The second-order valence-corrected chi connectivity index (χ2v) is 6.02. The van der Waals surface area contributed by atoms with E-state index in [-0.39, 0.29) is 0 Å². The molecule has 0 saturated heterocycles. The summed E-state index contributed by atoms with van der Waals surface area (Å²) >= 11 is 6.14. The summed E-state index contributed by atoms with van der Waals surface area (Å²) < 4.78 is 10.6. The molecule has 1 rings (SSSR count). The summed E-state index contributed by atoms with van der Waals surface area (Å²) in [6.07, 6.45) is 1.65. The fourth-order valence-corrected chi connectivity index (χ4v) is 2.07. The minimum absolute atomic E-state index is 0.379. The van der Waals surface area contributed by atoms with E-state index in [9.17, 15) is 4.79 Å². The van der Waals surface area contributed by atoms with Gasteiger partial charge in [0.1, 0.15) is 16.5 Å². The monoisotopic (exact) mass is 326 g/mol. The Bertz CT molecular complexity index is 539. The molecule has 0 aromatic carbocycles. The van der Waals surface area contributed by atoms with Crippen LogP contribution in [0.5, 0.6) is 0 Å². The van der Waals surface area contributed by atoms with Crippen molar-refractivity contribution in [1.82, 2.24) is 10.3 Å². The first-order chi connectivity index (χ1) is 10.2. The number of carbonyl (C=O) groups is 1. The van der Waals surface area contributed by atoms with Gasteiger partial charge < -0.3 is 14.8 Å². The average Bonchev–Trinajstić information content (AvgIpc) is 2.38. The summed E-state index contributed by atoms with van der Waals surface area (Å²) in [6.45, 7) is 12.1. The van der Waals surface area contributed by atoms with Crippen LogP contribution < -0.4 is 5.32 Å². The molecule has 1 aromatic heterocycles. The van der Waals surface area contributed by atoms with Gasteiger partial charge in [-0.05, 0) is 40.2 Å². The molecule has 1 amide bonds. The van der Waals surface area contributed by atoms with Crippen molar-refractivity contribution < 1.29 is 14.3 Å². The van der Waals surface area contributed by atoms with Crippen LogP contribution in [-0.2, 0) is 15.9 Å². The Morgan fingerprint density at radius 2 is 2.14 bits per heavy atom. The van der Waals surface area contributed by atoms with Crippen LogP contribution in [0.1, 0.15) is 38.8 Å². The van der Waals surface area contributed by atoms with Crippen LogP contribution in [0.4, 0.5) is 4.79 Å². The smallest absolute Gasteiger partial charge is 0.407 e. The van der Waals surface area contributed by atoms with Crippen LogP contribution in [0.25, 0.3) is 5.76 Å². The zero-order valence-electron chi connectivity index (χ0n) is 13.5. The molecule has 122 valence electrons. The first-order valence-electron chi connectivity index (χ1n) is 7.17. The van der Waals surface area contributed by atoms with E-state index in [1.807, 2.05) is 27.7 Å². The number of halogens is 1. The van der Waals surface area contributed by atoms with E-state index in [0.717, 1.165) is 11.1 Å². The number of hydrogen-bond acceptors (Lipinski definition) is 4. The molecule has 22 heavy (non-hydrogen) atoms. The number of ether oxygens (including phenoxy) is 2. The Morgan fingerprint density at radius 3 is 2.73 bits per heavy atom. The topological polar surface area (TPSA) is 60.5 Å². The maximum absolute atomic E-state index is 11.6. The molecule has 1 heterocycles. The largest absolute Gasteiger partial charge is 0.494 e. The van der Waals surface area contributed by atoms with E-state index < -0.39 is 11.7 Å². The molecule has 0 aliphatic carbocycles. The Balaban J connectivity index is 2.69. The molecule has 0 radical (unpaired) electrons. The minimum Gasteiger partial charge on any atom is -0.494 e. The lowest BCUT2D eigenvalue weighted by atomic mass is 10.1. The molecule has 0 fully saturated rings. The molecule has 6 heteroatoms. The SMILES string of the molecule is C=C(OCC)c1ccnc(Cl)c1CCNC(=O)OC(C)(C)C. The number of alkyl carbamates (subject to hydrolysis) is 1. The van der Waals surface area contributed by atoms with E-state index in [1.165, 1.54) is 0 Å². The number of amides is 1. The van der Waals surface area contributed by atoms with Crippen LogP contribution >= 0.6 is 11.6 Å². The van der Waals surface area contributed by atoms with Gasteiger partial charge in [-0.3, -0.25) is 0 Å². The van der Waals surface area contributed by atoms with Gasteiger partial charge in [-0.1, -0.05) is 18.2 Å². The molecule has 0 saturated carbocycles. The maximum Gasteiger partial charge on any atom is 0.407 e. The highest BCUT2D eigenvalue weighted by molar-refractivity contribution is 6.30. The third kappa shape index (κ3) is 5.93. The van der Waals surface area contributed by atoms with Crippen LogP contribution in [0.15, 0.2) is 18.8 Å². The number of nitrogens with one attached hydrogen (secondary N) is 1. The lowest BCUT2D eigenvalue weighted by molar-refractivity contribution is 0.0528. The Morgan fingerprint density at radius 1 is 1.45 bits per heavy atom. The molecule has 0 bridgehead atoms. The van der Waals surface area contributed by atoms with Crippen molar-refractivity contribution in [2.24, 2.45) is 0 Å². The number of carbonyl (C=O) groups excluding carboxylic acids is 1. The number of aromatic nitrogens is 1. The first kappa shape index (κ1) is 18.3. The van der Waals surface area contributed by atoms with Crippen LogP contribution in [0.2, 0.25) is 5.15 Å². The summed E-state index contributed by atoms with van der Waals surface area (Å²) in [4.78, 5) is 15.7. The standard InChI is InChI=1S/C16H23ClN2O3/c1-6-21-11(2)12-7-9-18-14(17)13(12)8-10-19-15(20)22-16(3,4)5/h7,9H,2,6,8,10H2,1,3-5H3,(H,19,20). The maximum atomic E-state index is 11.6. The fourth-order valence-electron chi connectivity index (χ4n) is 1.82. The molecule has 0 atom stereocenters. The third-order valence-corrected chi connectivity index (χ3v) is 2.99. The number of nitrogens with zero attached hydrogens (tertiary/aromatic N) is 1. The summed E-state index contributed by atoms with van der Waals surface area (Å²) in [7, 11) is 0. The third-order valence-electron chi connectivity index (χ3n) is 2.67. The van der Waals surface area contributed by atoms with Crippen LogP contribution in [-0.4, -0.2) is 29.8 Å². The Kier molecular flexibility index (Phi) is 6.68. The fraction of sp³-hybridized carbons (Fsp3) is 0.500. The number of pyridine rings is 1. The summed E-state index contributed by atoms with van der Waals surface area (Å²) in [5.74, 6) is 0.541. The summed E-state index contributed by atoms with van der Waals surface area (Å²) in [5.41, 5.74) is 1.07. The highest BCUT2D eigenvalue weighted by Crippen LogP contribution is 2.24. The van der Waals surface area contributed by atoms with Crippen molar-refractivity contribution in [1.29, 1.82) is 0 Å². The van der Waals surface area contributed by atoms with Gasteiger partial charge in [0.25, 0.3) is 0 Å². The van der Waals surface area contributed by atoms with Crippen LogP contribution in [0.3, 0.4) is 0 Å². The van der Waals surface area contributed by atoms with Crippen molar-refractivity contribution in [3.63, 3.8) is 0 Å². The molecule has 1 N–H and O–H groups in total. The zero-order valence-corrected chi connectivity index (χ0v) is 14.3. The second-order valence-electron chi connectivity index (χ2n) is 5.66. The normalized spacial score (nSPS) is 11.0. The minimum atomic E-state index is -0.523. The highest BCUT2D eigenvalue weighted by Gasteiger charge is 2.16. The molecule has 0 aliphatic heterocycles. The first-order valence-corrected chi connectivity index (χ1v) is 7.54. The van der Waals surface area contributed by atoms with Gasteiger partial charge in [-0.25, -0.2) is 9.78 Å². The van der Waals surface area contributed by atoms with Crippen molar-refractivity contribution in [3.8, 4) is 0 Å². The zero-order chi connectivity index (χ0) is 16.8. The van der Waals surface area contributed by atoms with Gasteiger partial charge in [-0.2, -0.15) is 0 Å². The number of hydrogen-bond donors (Lipinski definition) is 1. The van der Waals surface area contributed by atoms with E-state index in [2.05, 4.69) is 16.9 Å². The van der Waals surface area contributed by atoms with Crippen molar-refractivity contribution in [2.75, 3.05) is 13.2 Å². The van der Waals surface area contributed by atoms with Gasteiger partial charge in [0.2, 0.25) is 0 Å². The summed E-state index contributed by atoms with van der Waals surface area (Å²) in [6, 6.07) is 1.80. The van der Waals surface area contributed by atoms with Crippen LogP contribution in [0, 0.1) is 0 Å². The number of rotatable bonds is 6. The molecule has 5 nitrogen and oxygen atoms in total. The highest BCUT2D eigenvalue weighted by atomic mass is 35.5. The lowest BCUT2D eigenvalue weighted by Crippen LogP contribution is -2.33. The average molecular weight is 327 g/mol. The molecule has 1 aromatic rings. The van der Waals surface area contributed by atoms with Crippen molar-refractivity contribution in [2.45, 2.75) is 39.7 Å². The van der Waals surface area contributed by atoms with Crippen molar-refractivity contribution in [3.05, 3.63) is 35.1 Å². The van der Waals surface area contributed by atoms with E-state index in [4.69, 9.17) is 21.1 Å². The molecular weight excluding hydrogens is 304 g/mol. The van der Waals surface area contributed by atoms with E-state index in [0.29, 0.717) is 30.5 Å². The van der Waals surface area contributed by atoms with Gasteiger partial charge in [0.15, 0.2) is 0 Å². The van der Waals surface area contributed by atoms with Gasteiger partial charge in [-0.15, -0.1) is 0 Å². The summed E-state index contributed by atoms with van der Waals surface area (Å²) in [5, 5.41) is 3.07.